The van der Waals surface area contributed by atoms with Crippen molar-refractivity contribution in [2.75, 3.05) is 19.0 Å². The average Bonchev–Trinajstić information content (AvgIpc) is 2.61. The summed E-state index contributed by atoms with van der Waals surface area (Å²) in [5, 5.41) is 23.0. The zero-order chi connectivity index (χ0) is 19.3. The van der Waals surface area contributed by atoms with Gasteiger partial charge in [0.15, 0.2) is 6.61 Å². The number of hydrogen-bond acceptors (Lipinski definition) is 7. The van der Waals surface area contributed by atoms with Crippen molar-refractivity contribution < 1.29 is 29.1 Å². The second-order valence-corrected chi connectivity index (χ2v) is 5.26. The van der Waals surface area contributed by atoms with Gasteiger partial charge in [-0.15, -0.1) is 0 Å². The number of esters is 1. The lowest BCUT2D eigenvalue weighted by Crippen LogP contribution is -2.21. The van der Waals surface area contributed by atoms with Crippen molar-refractivity contribution >= 4 is 23.3 Å². The fourth-order valence-corrected chi connectivity index (χ4v) is 2.06. The van der Waals surface area contributed by atoms with E-state index in [9.17, 15) is 24.8 Å². The summed E-state index contributed by atoms with van der Waals surface area (Å²) < 4.78 is 9.76. The van der Waals surface area contributed by atoms with Gasteiger partial charge in [-0.2, -0.15) is 0 Å². The molecule has 0 saturated carbocycles. The van der Waals surface area contributed by atoms with Crippen LogP contribution in [0.1, 0.15) is 15.9 Å². The number of aromatic hydroxyl groups is 1. The Balaban J connectivity index is 2.00. The van der Waals surface area contributed by atoms with Crippen LogP contribution >= 0.6 is 0 Å². The monoisotopic (exact) mass is 360 g/mol. The van der Waals surface area contributed by atoms with Crippen molar-refractivity contribution in [2.24, 2.45) is 0 Å². The van der Waals surface area contributed by atoms with Gasteiger partial charge in [0.25, 0.3) is 11.6 Å². The molecule has 0 spiro atoms. The van der Waals surface area contributed by atoms with Crippen LogP contribution < -0.4 is 10.1 Å². The maximum atomic E-state index is 11.9. The average molecular weight is 360 g/mol. The third kappa shape index (κ3) is 4.47. The number of hydrogen-bond donors (Lipinski definition) is 2. The van der Waals surface area contributed by atoms with Crippen molar-refractivity contribution in [1.82, 2.24) is 0 Å². The smallest absolute Gasteiger partial charge is 0.342 e. The lowest BCUT2D eigenvalue weighted by molar-refractivity contribution is -0.384. The molecule has 0 aliphatic rings. The molecular formula is C17H16N2O7. The summed E-state index contributed by atoms with van der Waals surface area (Å²) in [4.78, 5) is 34.1. The van der Waals surface area contributed by atoms with Crippen LogP contribution in [0, 0.1) is 17.0 Å². The second-order valence-electron chi connectivity index (χ2n) is 5.26. The number of nitrogens with one attached hydrogen (secondary N) is 1. The molecule has 0 aromatic heterocycles. The summed E-state index contributed by atoms with van der Waals surface area (Å²) in [6.45, 7) is 1.05. The predicted molar refractivity (Wildman–Crippen MR) is 91.4 cm³/mol. The summed E-state index contributed by atoms with van der Waals surface area (Å²) in [5.41, 5.74) is 0.562. The van der Waals surface area contributed by atoms with Crippen LogP contribution in [0.2, 0.25) is 0 Å². The Bertz CT molecular complexity index is 864. The molecule has 9 heteroatoms. The van der Waals surface area contributed by atoms with Crippen LogP contribution in [0.4, 0.5) is 11.4 Å². The fourth-order valence-electron chi connectivity index (χ4n) is 2.06. The first-order valence-electron chi connectivity index (χ1n) is 7.41. The second kappa shape index (κ2) is 7.97. The number of carbonyl (C=O) groups is 2. The molecule has 0 radical (unpaired) electrons. The number of rotatable bonds is 6. The minimum atomic E-state index is -0.893. The predicted octanol–water partition coefficient (Wildman–Crippen LogP) is 2.41. The molecule has 136 valence electrons. The molecule has 0 aliphatic heterocycles. The molecule has 0 aliphatic carbocycles. The highest BCUT2D eigenvalue weighted by molar-refractivity contribution is 5.97. The number of non-ortho nitro benzene ring substituents is 1. The first-order valence-corrected chi connectivity index (χ1v) is 7.41. The molecule has 0 bridgehead atoms. The lowest BCUT2D eigenvalue weighted by Gasteiger charge is -2.10. The van der Waals surface area contributed by atoms with E-state index in [0.29, 0.717) is 11.3 Å². The largest absolute Gasteiger partial charge is 0.507 e. The van der Waals surface area contributed by atoms with Gasteiger partial charge in [-0.1, -0.05) is 6.07 Å². The SMILES string of the molecule is COc1ccc(C(=O)OCC(=O)Nc2cc([N+](=O)[O-])ccc2C)c(O)c1. The Kier molecular flexibility index (Phi) is 5.74. The van der Waals surface area contributed by atoms with Crippen LogP contribution in [0.3, 0.4) is 0 Å². The Morgan fingerprint density at radius 2 is 1.96 bits per heavy atom. The van der Waals surface area contributed by atoms with Gasteiger partial charge in [-0.3, -0.25) is 14.9 Å². The van der Waals surface area contributed by atoms with Gasteiger partial charge in [-0.25, -0.2) is 4.79 Å². The highest BCUT2D eigenvalue weighted by Crippen LogP contribution is 2.24. The van der Waals surface area contributed by atoms with Crippen LogP contribution in [-0.4, -0.2) is 35.6 Å². The zero-order valence-corrected chi connectivity index (χ0v) is 14.0. The standard InChI is InChI=1S/C17H16N2O7/c1-10-3-4-11(19(23)24)7-14(10)18-16(21)9-26-17(22)13-6-5-12(25-2)8-15(13)20/h3-8,20H,9H2,1-2H3,(H,18,21). The number of nitrogens with zero attached hydrogens (tertiary/aromatic N) is 1. The molecule has 2 N–H and O–H groups in total. The third-order valence-corrected chi connectivity index (χ3v) is 3.47. The van der Waals surface area contributed by atoms with Gasteiger partial charge in [0.05, 0.1) is 17.7 Å². The van der Waals surface area contributed by atoms with E-state index in [1.807, 2.05) is 0 Å². The highest BCUT2D eigenvalue weighted by atomic mass is 16.6. The number of methoxy groups -OCH3 is 1. The van der Waals surface area contributed by atoms with Crippen LogP contribution in [0.5, 0.6) is 11.5 Å². The number of phenols is 1. The molecule has 0 fully saturated rings. The quantitative estimate of drug-likeness (QED) is 0.460. The number of carbonyl (C=O) groups excluding carboxylic acids is 2. The fraction of sp³-hybridized carbons (Fsp3) is 0.176. The van der Waals surface area contributed by atoms with Crippen LogP contribution in [-0.2, 0) is 9.53 Å². The van der Waals surface area contributed by atoms with Gasteiger partial charge in [0, 0.05) is 18.2 Å². The Morgan fingerprint density at radius 1 is 1.23 bits per heavy atom. The number of benzene rings is 2. The minimum absolute atomic E-state index is 0.120. The molecule has 0 heterocycles. The number of phenolic OH excluding ortho intramolecular Hbond substituents is 1. The number of amides is 1. The highest BCUT2D eigenvalue weighted by Gasteiger charge is 2.16. The Labute approximate surface area is 148 Å². The summed E-state index contributed by atoms with van der Waals surface area (Å²) in [7, 11) is 1.41. The maximum absolute atomic E-state index is 11.9. The van der Waals surface area contributed by atoms with E-state index < -0.39 is 23.4 Å². The van der Waals surface area contributed by atoms with Crippen molar-refractivity contribution in [3.8, 4) is 11.5 Å². The van der Waals surface area contributed by atoms with E-state index in [1.54, 1.807) is 6.92 Å². The van der Waals surface area contributed by atoms with Crippen molar-refractivity contribution in [3.05, 3.63) is 57.6 Å². The van der Waals surface area contributed by atoms with Crippen molar-refractivity contribution in [3.63, 3.8) is 0 Å². The normalized spacial score (nSPS) is 10.1. The van der Waals surface area contributed by atoms with E-state index in [-0.39, 0.29) is 22.7 Å². The first-order chi connectivity index (χ1) is 12.3. The number of anilines is 1. The summed E-state index contributed by atoms with van der Waals surface area (Å²) in [5.74, 6) is -1.55. The molecule has 0 saturated heterocycles. The number of ether oxygens (including phenoxy) is 2. The molecule has 0 unspecified atom stereocenters. The molecular weight excluding hydrogens is 344 g/mol. The van der Waals surface area contributed by atoms with Gasteiger partial charge in [-0.05, 0) is 24.6 Å². The van der Waals surface area contributed by atoms with Crippen LogP contribution in [0.25, 0.3) is 0 Å². The van der Waals surface area contributed by atoms with Gasteiger partial charge < -0.3 is 19.9 Å². The van der Waals surface area contributed by atoms with E-state index in [4.69, 9.17) is 9.47 Å². The van der Waals surface area contributed by atoms with Gasteiger partial charge in [0.1, 0.15) is 17.1 Å². The molecule has 2 aromatic carbocycles. The molecule has 2 aromatic rings. The summed E-state index contributed by atoms with van der Waals surface area (Å²) in [6.07, 6.45) is 0. The zero-order valence-electron chi connectivity index (χ0n) is 14.0. The summed E-state index contributed by atoms with van der Waals surface area (Å²) in [6, 6.07) is 8.03. The Hall–Kier alpha value is -3.62. The number of nitro groups is 1. The van der Waals surface area contributed by atoms with Crippen LogP contribution in [0.15, 0.2) is 36.4 Å². The number of nitro benzene ring substituents is 1. The third-order valence-electron chi connectivity index (χ3n) is 3.47. The van der Waals surface area contributed by atoms with Gasteiger partial charge in [0.2, 0.25) is 0 Å². The van der Waals surface area contributed by atoms with Gasteiger partial charge >= 0.3 is 5.97 Å². The topological polar surface area (TPSA) is 128 Å². The lowest BCUT2D eigenvalue weighted by atomic mass is 10.2. The maximum Gasteiger partial charge on any atom is 0.342 e. The molecule has 1 amide bonds. The van der Waals surface area contributed by atoms with E-state index in [2.05, 4.69) is 5.32 Å². The molecule has 26 heavy (non-hydrogen) atoms. The minimum Gasteiger partial charge on any atom is -0.507 e. The van der Waals surface area contributed by atoms with E-state index in [1.165, 1.54) is 43.5 Å². The molecule has 0 atom stereocenters. The molecule has 9 nitrogen and oxygen atoms in total. The van der Waals surface area contributed by atoms with Crippen molar-refractivity contribution in [1.29, 1.82) is 0 Å². The Morgan fingerprint density at radius 3 is 2.58 bits per heavy atom. The first kappa shape index (κ1) is 18.7. The van der Waals surface area contributed by atoms with Crippen molar-refractivity contribution in [2.45, 2.75) is 6.92 Å². The molecule has 2 rings (SSSR count). The van der Waals surface area contributed by atoms with E-state index in [0.717, 1.165) is 0 Å². The summed E-state index contributed by atoms with van der Waals surface area (Å²) >= 11 is 0. The number of aryl methyl sites for hydroxylation is 1. The van der Waals surface area contributed by atoms with E-state index >= 15 is 0 Å².